The summed E-state index contributed by atoms with van der Waals surface area (Å²) in [5.41, 5.74) is 4.67. The van der Waals surface area contributed by atoms with E-state index in [0.717, 1.165) is 4.57 Å². The smallest absolute Gasteiger partial charge is 0.351 e. The minimum atomic E-state index is -1.37. The number of ether oxygens (including phenoxy) is 1. The molecule has 1 aliphatic rings. The molecule has 8 heteroatoms. The van der Waals surface area contributed by atoms with Gasteiger partial charge in [0.1, 0.15) is 24.3 Å². The number of aldehydes is 1. The van der Waals surface area contributed by atoms with E-state index < -0.39 is 30.8 Å². The van der Waals surface area contributed by atoms with Crippen LogP contribution in [0.1, 0.15) is 23.0 Å². The molecule has 0 saturated carbocycles. The van der Waals surface area contributed by atoms with Gasteiger partial charge in [-0.15, -0.1) is 0 Å². The lowest BCUT2D eigenvalue weighted by molar-refractivity contribution is -0.0355. The van der Waals surface area contributed by atoms with Crippen molar-refractivity contribution in [2.45, 2.75) is 24.9 Å². The topological polar surface area (TPSA) is 107 Å². The highest BCUT2D eigenvalue weighted by molar-refractivity contribution is 5.80. The lowest BCUT2D eigenvalue weighted by Gasteiger charge is -2.14. The number of rotatable bonds is 3. The average Bonchev–Trinajstić information content (AvgIpc) is 2.70. The molecule has 7 nitrogen and oxygen atoms in total. The fourth-order valence-electron chi connectivity index (χ4n) is 1.82. The molecule has 1 aliphatic heterocycles. The summed E-state index contributed by atoms with van der Waals surface area (Å²) in [6, 6.07) is 0. The lowest BCUT2D eigenvalue weighted by Crippen LogP contribution is -2.29. The second-order valence-electron chi connectivity index (χ2n) is 3.95. The highest BCUT2D eigenvalue weighted by Crippen LogP contribution is 2.29. The van der Waals surface area contributed by atoms with Crippen LogP contribution in [-0.2, 0) is 4.74 Å². The molecule has 3 N–H and O–H groups in total. The summed E-state index contributed by atoms with van der Waals surface area (Å²) in [7, 11) is 0. The van der Waals surface area contributed by atoms with Crippen molar-refractivity contribution >= 4 is 12.1 Å². The highest BCUT2D eigenvalue weighted by Gasteiger charge is 2.36. The standard InChI is InChI=1S/C10H12FN3O4/c11-6-1-8(18-7(6)4-16)14-2-5(3-15)9(12)13-10(14)17/h2-3,6-8,16H,1,4H2,(H2,12,13,17)/t6-,7+,8+/m0/s1. The van der Waals surface area contributed by atoms with Crippen molar-refractivity contribution in [3.05, 3.63) is 22.2 Å². The van der Waals surface area contributed by atoms with Gasteiger partial charge in [-0.3, -0.25) is 9.36 Å². The van der Waals surface area contributed by atoms with E-state index in [4.69, 9.17) is 15.6 Å². The van der Waals surface area contributed by atoms with Gasteiger partial charge in [0.25, 0.3) is 0 Å². The van der Waals surface area contributed by atoms with E-state index in [1.807, 2.05) is 0 Å². The van der Waals surface area contributed by atoms with Crippen molar-refractivity contribution in [2.75, 3.05) is 12.3 Å². The van der Waals surface area contributed by atoms with Gasteiger partial charge < -0.3 is 15.6 Å². The number of anilines is 1. The predicted octanol–water partition coefficient (Wildman–Crippen LogP) is -0.744. The van der Waals surface area contributed by atoms with Crippen LogP contribution in [0.15, 0.2) is 11.0 Å². The molecule has 1 fully saturated rings. The van der Waals surface area contributed by atoms with Crippen LogP contribution in [0.2, 0.25) is 0 Å². The zero-order valence-electron chi connectivity index (χ0n) is 9.32. The minimum Gasteiger partial charge on any atom is -0.394 e. The number of hydrogen-bond donors (Lipinski definition) is 2. The first-order valence-electron chi connectivity index (χ1n) is 5.31. The molecule has 3 atom stereocenters. The Hall–Kier alpha value is -1.80. The Kier molecular flexibility index (Phi) is 3.39. The number of carbonyl (C=O) groups is 1. The van der Waals surface area contributed by atoms with Gasteiger partial charge in [0.05, 0.1) is 12.2 Å². The van der Waals surface area contributed by atoms with Crippen molar-refractivity contribution in [1.29, 1.82) is 0 Å². The fourth-order valence-corrected chi connectivity index (χ4v) is 1.82. The third kappa shape index (κ3) is 2.12. The average molecular weight is 257 g/mol. The Morgan fingerprint density at radius 3 is 3.00 bits per heavy atom. The molecule has 98 valence electrons. The minimum absolute atomic E-state index is 0.0288. The number of aliphatic hydroxyl groups excluding tert-OH is 1. The van der Waals surface area contributed by atoms with Gasteiger partial charge in [0.2, 0.25) is 0 Å². The maximum Gasteiger partial charge on any atom is 0.351 e. The Bertz CT molecular complexity index is 518. The van der Waals surface area contributed by atoms with Crippen molar-refractivity contribution in [1.82, 2.24) is 9.55 Å². The maximum absolute atomic E-state index is 13.4. The quantitative estimate of drug-likeness (QED) is 0.690. The van der Waals surface area contributed by atoms with Crippen molar-refractivity contribution in [3.63, 3.8) is 0 Å². The number of aromatic nitrogens is 2. The van der Waals surface area contributed by atoms with Gasteiger partial charge in [-0.2, -0.15) is 4.98 Å². The van der Waals surface area contributed by atoms with E-state index in [-0.39, 0.29) is 17.8 Å². The second kappa shape index (κ2) is 4.83. The molecule has 1 aromatic heterocycles. The van der Waals surface area contributed by atoms with Crippen molar-refractivity contribution in [2.24, 2.45) is 0 Å². The van der Waals surface area contributed by atoms with Crippen LogP contribution in [0, 0.1) is 0 Å². The predicted molar refractivity (Wildman–Crippen MR) is 58.8 cm³/mol. The summed E-state index contributed by atoms with van der Waals surface area (Å²) in [6.45, 7) is -0.477. The third-order valence-corrected chi connectivity index (χ3v) is 2.79. The van der Waals surface area contributed by atoms with Gasteiger partial charge >= 0.3 is 5.69 Å². The maximum atomic E-state index is 13.4. The van der Waals surface area contributed by atoms with Gasteiger partial charge in [-0.05, 0) is 0 Å². The molecule has 0 radical (unpaired) electrons. The highest BCUT2D eigenvalue weighted by atomic mass is 19.1. The number of halogens is 1. The van der Waals surface area contributed by atoms with Crippen LogP contribution in [0.4, 0.5) is 10.2 Å². The number of carbonyl (C=O) groups excluding carboxylic acids is 1. The molecule has 2 rings (SSSR count). The van der Waals surface area contributed by atoms with E-state index in [1.54, 1.807) is 0 Å². The largest absolute Gasteiger partial charge is 0.394 e. The molecule has 0 bridgehead atoms. The van der Waals surface area contributed by atoms with Gasteiger partial charge in [-0.25, -0.2) is 9.18 Å². The number of hydrogen-bond acceptors (Lipinski definition) is 6. The molecule has 2 heterocycles. The van der Waals surface area contributed by atoms with E-state index in [0.29, 0.717) is 6.29 Å². The molecular formula is C10H12FN3O4. The summed E-state index contributed by atoms with van der Waals surface area (Å²) in [5, 5.41) is 8.87. The molecule has 0 spiro atoms. The Morgan fingerprint density at radius 1 is 1.72 bits per heavy atom. The van der Waals surface area contributed by atoms with E-state index in [1.165, 1.54) is 6.20 Å². The number of aliphatic hydroxyl groups is 1. The van der Waals surface area contributed by atoms with Crippen LogP contribution in [-0.4, -0.2) is 39.8 Å². The zero-order valence-corrected chi connectivity index (χ0v) is 9.32. The van der Waals surface area contributed by atoms with Gasteiger partial charge in [-0.1, -0.05) is 0 Å². The van der Waals surface area contributed by atoms with Gasteiger partial charge in [0.15, 0.2) is 6.29 Å². The van der Waals surface area contributed by atoms with E-state index in [2.05, 4.69) is 4.98 Å². The van der Waals surface area contributed by atoms with Crippen molar-refractivity contribution in [3.8, 4) is 0 Å². The monoisotopic (exact) mass is 257 g/mol. The third-order valence-electron chi connectivity index (χ3n) is 2.79. The van der Waals surface area contributed by atoms with Crippen LogP contribution < -0.4 is 11.4 Å². The number of nitrogen functional groups attached to an aromatic ring is 1. The molecule has 0 amide bonds. The summed E-state index contributed by atoms with van der Waals surface area (Å²) in [4.78, 5) is 25.7. The molecule has 0 unspecified atom stereocenters. The van der Waals surface area contributed by atoms with Crippen molar-refractivity contribution < 1.29 is 19.0 Å². The van der Waals surface area contributed by atoms with Crippen LogP contribution in [0.25, 0.3) is 0 Å². The first-order chi connectivity index (χ1) is 8.56. The van der Waals surface area contributed by atoms with Crippen LogP contribution in [0.5, 0.6) is 0 Å². The Labute approximate surface area is 101 Å². The summed E-state index contributed by atoms with van der Waals surface area (Å²) in [6.07, 6.45) is -1.70. The number of alkyl halides is 1. The summed E-state index contributed by atoms with van der Waals surface area (Å²) < 4.78 is 19.6. The van der Waals surface area contributed by atoms with Crippen LogP contribution >= 0.6 is 0 Å². The fraction of sp³-hybridized carbons (Fsp3) is 0.500. The first-order valence-corrected chi connectivity index (χ1v) is 5.31. The molecular weight excluding hydrogens is 245 g/mol. The Morgan fingerprint density at radius 2 is 2.44 bits per heavy atom. The second-order valence-corrected chi connectivity index (χ2v) is 3.95. The lowest BCUT2D eigenvalue weighted by atomic mass is 10.2. The van der Waals surface area contributed by atoms with Crippen LogP contribution in [0.3, 0.4) is 0 Å². The van der Waals surface area contributed by atoms with E-state index in [9.17, 15) is 14.0 Å². The summed E-state index contributed by atoms with van der Waals surface area (Å²) in [5.74, 6) is -0.181. The normalized spacial score (nSPS) is 27.3. The van der Waals surface area contributed by atoms with Gasteiger partial charge in [0, 0.05) is 12.6 Å². The Balaban J connectivity index is 2.35. The number of nitrogens with zero attached hydrogens (tertiary/aromatic N) is 2. The molecule has 0 aromatic carbocycles. The molecule has 1 aromatic rings. The molecule has 18 heavy (non-hydrogen) atoms. The number of nitrogens with two attached hydrogens (primary N) is 1. The summed E-state index contributed by atoms with van der Waals surface area (Å²) >= 11 is 0. The molecule has 1 saturated heterocycles. The zero-order chi connectivity index (χ0) is 13.3. The van der Waals surface area contributed by atoms with E-state index >= 15 is 0 Å². The molecule has 0 aliphatic carbocycles. The SMILES string of the molecule is Nc1nc(=O)n([C@H]2C[C@H](F)[C@@H](CO)O2)cc1C=O. The first kappa shape index (κ1) is 12.7.